The Balaban J connectivity index is 2.65. The van der Waals surface area contributed by atoms with Crippen molar-refractivity contribution >= 4 is 35.1 Å². The van der Waals surface area contributed by atoms with Crippen LogP contribution >= 0.6 is 23.2 Å². The van der Waals surface area contributed by atoms with E-state index in [-0.39, 0.29) is 22.3 Å². The molecule has 1 heterocycles. The Bertz CT molecular complexity index is 505. The fraction of sp³-hybridized carbons (Fsp3) is 0.364. The molecule has 3 N–H and O–H groups in total. The highest BCUT2D eigenvalue weighted by Gasteiger charge is 2.25. The molecule has 6 nitrogen and oxygen atoms in total. The standard InChI is InChI=1S/C11H12Cl2N2O4/c1-11(19,3-8(16)17)5-15-10(18)6-2-7(12)9(13)14-4-6/h2,4,19H,3,5H2,1H3,(H,15,18)(H,16,17). The predicted molar refractivity (Wildman–Crippen MR) is 69.5 cm³/mol. The van der Waals surface area contributed by atoms with Crippen LogP contribution in [0.1, 0.15) is 23.7 Å². The van der Waals surface area contributed by atoms with Gasteiger partial charge in [0.15, 0.2) is 0 Å². The van der Waals surface area contributed by atoms with Crippen molar-refractivity contribution in [1.29, 1.82) is 0 Å². The summed E-state index contributed by atoms with van der Waals surface area (Å²) in [4.78, 5) is 25.9. The molecule has 1 rings (SSSR count). The number of aliphatic hydroxyl groups is 1. The molecule has 0 fully saturated rings. The first-order valence-electron chi connectivity index (χ1n) is 5.25. The number of aliphatic carboxylic acids is 1. The lowest BCUT2D eigenvalue weighted by molar-refractivity contribution is -0.141. The Labute approximate surface area is 119 Å². The van der Waals surface area contributed by atoms with E-state index in [0.29, 0.717) is 0 Å². The molecule has 0 radical (unpaired) electrons. The summed E-state index contributed by atoms with van der Waals surface area (Å²) in [5, 5.41) is 20.9. The molecule has 0 aliphatic rings. The minimum absolute atomic E-state index is 0.0797. The van der Waals surface area contributed by atoms with Crippen molar-refractivity contribution in [2.24, 2.45) is 0 Å². The fourth-order valence-electron chi connectivity index (χ4n) is 1.31. The number of hydrogen-bond donors (Lipinski definition) is 3. The van der Waals surface area contributed by atoms with E-state index >= 15 is 0 Å². The second-order valence-corrected chi connectivity index (χ2v) is 5.01. The quantitative estimate of drug-likeness (QED) is 0.713. The number of hydrogen-bond acceptors (Lipinski definition) is 4. The summed E-state index contributed by atoms with van der Waals surface area (Å²) in [7, 11) is 0. The topological polar surface area (TPSA) is 99.5 Å². The van der Waals surface area contributed by atoms with Gasteiger partial charge >= 0.3 is 5.97 Å². The zero-order chi connectivity index (χ0) is 14.6. The van der Waals surface area contributed by atoms with Crippen molar-refractivity contribution in [2.45, 2.75) is 18.9 Å². The Hall–Kier alpha value is -1.37. The molecule has 1 aromatic rings. The number of rotatable bonds is 5. The minimum Gasteiger partial charge on any atom is -0.481 e. The number of nitrogens with zero attached hydrogens (tertiary/aromatic N) is 1. The lowest BCUT2D eigenvalue weighted by Crippen LogP contribution is -2.42. The van der Waals surface area contributed by atoms with Crippen molar-refractivity contribution in [3.05, 3.63) is 28.0 Å². The van der Waals surface area contributed by atoms with Gasteiger partial charge < -0.3 is 15.5 Å². The lowest BCUT2D eigenvalue weighted by Gasteiger charge is -2.21. The van der Waals surface area contributed by atoms with Gasteiger partial charge in [0, 0.05) is 12.7 Å². The molecule has 1 aromatic heterocycles. The normalized spacial score (nSPS) is 13.7. The van der Waals surface area contributed by atoms with Crippen molar-refractivity contribution in [3.63, 3.8) is 0 Å². The molecule has 19 heavy (non-hydrogen) atoms. The van der Waals surface area contributed by atoms with Gasteiger partial charge in [0.2, 0.25) is 0 Å². The predicted octanol–water partition coefficient (Wildman–Crippen LogP) is 1.34. The SMILES string of the molecule is CC(O)(CNC(=O)c1cnc(Cl)c(Cl)c1)CC(=O)O. The van der Waals surface area contributed by atoms with Crippen LogP contribution in [0.25, 0.3) is 0 Å². The lowest BCUT2D eigenvalue weighted by atomic mass is 10.0. The third-order valence-electron chi connectivity index (χ3n) is 2.22. The van der Waals surface area contributed by atoms with Crippen LogP contribution in [-0.4, -0.2) is 39.2 Å². The second kappa shape index (κ2) is 6.18. The minimum atomic E-state index is -1.54. The first-order valence-corrected chi connectivity index (χ1v) is 6.00. The third-order valence-corrected chi connectivity index (χ3v) is 2.91. The summed E-state index contributed by atoms with van der Waals surface area (Å²) in [5.74, 6) is -1.69. The molecule has 1 unspecified atom stereocenters. The van der Waals surface area contributed by atoms with E-state index in [1.165, 1.54) is 19.2 Å². The van der Waals surface area contributed by atoms with Crippen molar-refractivity contribution in [3.8, 4) is 0 Å². The van der Waals surface area contributed by atoms with E-state index < -0.39 is 23.9 Å². The molecule has 8 heteroatoms. The number of pyridine rings is 1. The molecule has 0 saturated carbocycles. The van der Waals surface area contributed by atoms with Gasteiger partial charge in [0.25, 0.3) is 5.91 Å². The van der Waals surface area contributed by atoms with E-state index in [2.05, 4.69) is 10.3 Å². The summed E-state index contributed by atoms with van der Waals surface area (Å²) >= 11 is 11.3. The summed E-state index contributed by atoms with van der Waals surface area (Å²) in [6, 6.07) is 1.33. The molecule has 0 aliphatic carbocycles. The Morgan fingerprint density at radius 2 is 2.11 bits per heavy atom. The van der Waals surface area contributed by atoms with Gasteiger partial charge in [-0.1, -0.05) is 23.2 Å². The highest BCUT2D eigenvalue weighted by Crippen LogP contribution is 2.19. The van der Waals surface area contributed by atoms with E-state index in [9.17, 15) is 14.7 Å². The monoisotopic (exact) mass is 306 g/mol. The van der Waals surface area contributed by atoms with E-state index in [0.717, 1.165) is 0 Å². The molecule has 0 aliphatic heterocycles. The molecular weight excluding hydrogens is 295 g/mol. The van der Waals surface area contributed by atoms with Crippen molar-refractivity contribution in [1.82, 2.24) is 10.3 Å². The van der Waals surface area contributed by atoms with Crippen molar-refractivity contribution < 1.29 is 19.8 Å². The van der Waals surface area contributed by atoms with Gasteiger partial charge in [-0.25, -0.2) is 4.98 Å². The largest absolute Gasteiger partial charge is 0.481 e. The average Bonchev–Trinajstić information content (AvgIpc) is 2.28. The van der Waals surface area contributed by atoms with Crippen LogP contribution in [0.3, 0.4) is 0 Å². The smallest absolute Gasteiger partial charge is 0.306 e. The molecule has 104 valence electrons. The molecule has 1 amide bonds. The highest BCUT2D eigenvalue weighted by molar-refractivity contribution is 6.41. The van der Waals surface area contributed by atoms with Crippen LogP contribution in [0, 0.1) is 0 Å². The summed E-state index contributed by atoms with van der Waals surface area (Å²) in [6.45, 7) is 1.10. The Morgan fingerprint density at radius 3 is 2.63 bits per heavy atom. The van der Waals surface area contributed by atoms with Crippen molar-refractivity contribution in [2.75, 3.05) is 6.54 Å². The van der Waals surface area contributed by atoms with E-state index in [1.807, 2.05) is 0 Å². The number of carbonyl (C=O) groups excluding carboxylic acids is 1. The van der Waals surface area contributed by atoms with Crippen LogP contribution in [0.15, 0.2) is 12.3 Å². The fourth-order valence-corrected chi connectivity index (χ4v) is 1.58. The van der Waals surface area contributed by atoms with E-state index in [4.69, 9.17) is 28.3 Å². The number of amides is 1. The second-order valence-electron chi connectivity index (χ2n) is 4.25. The zero-order valence-electron chi connectivity index (χ0n) is 9.98. The van der Waals surface area contributed by atoms with E-state index in [1.54, 1.807) is 0 Å². The maximum atomic E-state index is 11.7. The number of carboxylic acid groups (broad SMARTS) is 1. The first kappa shape index (κ1) is 15.7. The average molecular weight is 307 g/mol. The number of halogens is 2. The number of carboxylic acids is 1. The van der Waals surface area contributed by atoms with Crippen LogP contribution in [0.2, 0.25) is 10.2 Å². The number of carbonyl (C=O) groups is 2. The molecule has 0 saturated heterocycles. The van der Waals surface area contributed by atoms with Crippen LogP contribution in [0.4, 0.5) is 0 Å². The highest BCUT2D eigenvalue weighted by atomic mass is 35.5. The molecule has 0 bridgehead atoms. The Kier molecular flexibility index (Phi) is 5.11. The van der Waals surface area contributed by atoms with Gasteiger partial charge in [-0.15, -0.1) is 0 Å². The summed E-state index contributed by atoms with van der Waals surface area (Å²) in [6.07, 6.45) is 0.752. The summed E-state index contributed by atoms with van der Waals surface area (Å²) < 4.78 is 0. The zero-order valence-corrected chi connectivity index (χ0v) is 11.5. The van der Waals surface area contributed by atoms with Crippen LogP contribution in [0.5, 0.6) is 0 Å². The van der Waals surface area contributed by atoms with Gasteiger partial charge in [0.05, 0.1) is 22.6 Å². The number of nitrogens with one attached hydrogen (secondary N) is 1. The maximum Gasteiger partial charge on any atom is 0.306 e. The third kappa shape index (κ3) is 5.02. The van der Waals surface area contributed by atoms with Gasteiger partial charge in [0.1, 0.15) is 5.15 Å². The van der Waals surface area contributed by atoms with Gasteiger partial charge in [-0.3, -0.25) is 9.59 Å². The van der Waals surface area contributed by atoms with Gasteiger partial charge in [-0.2, -0.15) is 0 Å². The van der Waals surface area contributed by atoms with Gasteiger partial charge in [-0.05, 0) is 13.0 Å². The first-order chi connectivity index (χ1) is 8.71. The Morgan fingerprint density at radius 1 is 1.47 bits per heavy atom. The molecule has 0 aromatic carbocycles. The molecular formula is C11H12Cl2N2O4. The number of aromatic nitrogens is 1. The maximum absolute atomic E-state index is 11.7. The van der Waals surface area contributed by atoms with Crippen LogP contribution in [-0.2, 0) is 4.79 Å². The summed E-state index contributed by atoms with van der Waals surface area (Å²) in [5.41, 5.74) is -1.37. The molecule has 0 spiro atoms. The van der Waals surface area contributed by atoms with Crippen LogP contribution < -0.4 is 5.32 Å². The molecule has 1 atom stereocenters.